The highest BCUT2D eigenvalue weighted by molar-refractivity contribution is 8.00. The van der Waals surface area contributed by atoms with E-state index in [2.05, 4.69) is 20.2 Å². The highest BCUT2D eigenvalue weighted by atomic mass is 32.2. The minimum atomic E-state index is 0.0729. The van der Waals surface area contributed by atoms with Crippen molar-refractivity contribution in [2.45, 2.75) is 39.8 Å². The lowest BCUT2D eigenvalue weighted by molar-refractivity contribution is -0.134. The summed E-state index contributed by atoms with van der Waals surface area (Å²) in [6.45, 7) is 10.2. The van der Waals surface area contributed by atoms with Gasteiger partial charge in [-0.2, -0.15) is 10.2 Å². The Bertz CT molecular complexity index is 852. The second-order valence-electron chi connectivity index (χ2n) is 7.70. The number of nitrogens with zero attached hydrogens (tertiary/aromatic N) is 8. The Morgan fingerprint density at radius 2 is 1.17 bits per heavy atom. The smallest absolute Gasteiger partial charge is 0.232 e. The van der Waals surface area contributed by atoms with Crippen LogP contribution in [-0.4, -0.2) is 88.8 Å². The molecule has 4 rings (SSSR count). The van der Waals surface area contributed by atoms with E-state index < -0.39 is 0 Å². The van der Waals surface area contributed by atoms with E-state index in [1.54, 1.807) is 0 Å². The summed E-state index contributed by atoms with van der Waals surface area (Å²) >= 11 is 1.38. The van der Waals surface area contributed by atoms with Crippen molar-refractivity contribution >= 4 is 23.6 Å². The third-order valence-electron chi connectivity index (χ3n) is 5.39. The molecular weight excluding hydrogens is 392 g/mol. The molecule has 0 radical (unpaired) electrons. The summed E-state index contributed by atoms with van der Waals surface area (Å²) in [5.41, 5.74) is 0. The maximum absolute atomic E-state index is 12.3. The van der Waals surface area contributed by atoms with Gasteiger partial charge in [0.25, 0.3) is 0 Å². The van der Waals surface area contributed by atoms with E-state index in [1.807, 2.05) is 46.9 Å². The molecule has 0 bridgehead atoms. The molecule has 29 heavy (non-hydrogen) atoms. The number of hydrogen-bond donors (Lipinski definition) is 0. The number of likely N-dealkylation sites (tertiary alicyclic amines) is 2. The Morgan fingerprint density at radius 3 is 1.48 bits per heavy atom. The summed E-state index contributed by atoms with van der Waals surface area (Å²) in [5, 5.41) is 8.77. The zero-order chi connectivity index (χ0) is 20.7. The van der Waals surface area contributed by atoms with Gasteiger partial charge in [-0.1, -0.05) is 0 Å². The second kappa shape index (κ2) is 7.77. The van der Waals surface area contributed by atoms with Crippen molar-refractivity contribution in [3.8, 4) is 0 Å². The highest BCUT2D eigenvalue weighted by Gasteiger charge is 2.35. The van der Waals surface area contributed by atoms with E-state index in [0.717, 1.165) is 23.3 Å². The number of aryl methyl sites for hydroxylation is 4. The summed E-state index contributed by atoms with van der Waals surface area (Å²) in [4.78, 5) is 36.9. The van der Waals surface area contributed by atoms with Gasteiger partial charge >= 0.3 is 0 Å². The minimum absolute atomic E-state index is 0.0729. The topological polar surface area (TPSA) is 102 Å². The first kappa shape index (κ1) is 19.9. The van der Waals surface area contributed by atoms with Crippen molar-refractivity contribution in [2.75, 3.05) is 37.7 Å². The summed E-state index contributed by atoms with van der Waals surface area (Å²) in [6, 6.07) is 0.405. The van der Waals surface area contributed by atoms with Gasteiger partial charge in [0.15, 0.2) is 0 Å². The summed E-state index contributed by atoms with van der Waals surface area (Å²) in [7, 11) is 0. The molecule has 4 heterocycles. The summed E-state index contributed by atoms with van der Waals surface area (Å²) in [5.74, 6) is 4.06. The number of carbonyl (C=O) groups excluding carboxylic acids is 2. The van der Waals surface area contributed by atoms with Crippen molar-refractivity contribution in [3.63, 3.8) is 0 Å². The third kappa shape index (κ3) is 4.00. The minimum Gasteiger partial charge on any atom is -0.338 e. The molecular formula is C18H26N8O2S. The maximum Gasteiger partial charge on any atom is 0.232 e. The lowest BCUT2D eigenvalue weighted by atomic mass is 10.1. The number of hydrogen-bond acceptors (Lipinski definition) is 7. The normalized spacial score (nSPS) is 17.4. The quantitative estimate of drug-likeness (QED) is 0.665. The Kier molecular flexibility index (Phi) is 5.32. The average molecular weight is 419 g/mol. The van der Waals surface area contributed by atoms with Crippen molar-refractivity contribution in [2.24, 2.45) is 0 Å². The van der Waals surface area contributed by atoms with E-state index >= 15 is 0 Å². The number of amides is 2. The molecule has 0 saturated carbocycles. The van der Waals surface area contributed by atoms with Crippen LogP contribution in [-0.2, 0) is 9.59 Å². The number of aromatic nitrogens is 6. The van der Waals surface area contributed by atoms with Gasteiger partial charge in [-0.3, -0.25) is 9.59 Å². The lowest BCUT2D eigenvalue weighted by Crippen LogP contribution is -2.52. The van der Waals surface area contributed by atoms with Gasteiger partial charge in [0.05, 0.1) is 23.6 Å². The van der Waals surface area contributed by atoms with Gasteiger partial charge in [0, 0.05) is 26.2 Å². The molecule has 0 aliphatic carbocycles. The molecule has 2 amide bonds. The van der Waals surface area contributed by atoms with E-state index in [9.17, 15) is 9.59 Å². The molecule has 156 valence electrons. The molecule has 2 fully saturated rings. The van der Waals surface area contributed by atoms with Crippen molar-refractivity contribution < 1.29 is 9.59 Å². The van der Waals surface area contributed by atoms with Gasteiger partial charge in [0.1, 0.15) is 23.3 Å². The zero-order valence-corrected chi connectivity index (χ0v) is 18.0. The van der Waals surface area contributed by atoms with Crippen LogP contribution in [0.5, 0.6) is 0 Å². The van der Waals surface area contributed by atoms with E-state index in [4.69, 9.17) is 0 Å². The van der Waals surface area contributed by atoms with Crippen molar-refractivity contribution in [3.05, 3.63) is 23.3 Å². The second-order valence-corrected chi connectivity index (χ2v) is 8.69. The molecule has 0 spiro atoms. The Hall–Kier alpha value is -2.43. The first-order valence-electron chi connectivity index (χ1n) is 9.74. The van der Waals surface area contributed by atoms with Crippen LogP contribution in [0.3, 0.4) is 0 Å². The molecule has 2 aromatic rings. The Labute approximate surface area is 173 Å². The van der Waals surface area contributed by atoms with Gasteiger partial charge in [-0.15, -0.1) is 11.8 Å². The molecule has 0 aromatic carbocycles. The molecule has 0 unspecified atom stereocenters. The molecule has 2 saturated heterocycles. The first-order chi connectivity index (χ1) is 13.8. The monoisotopic (exact) mass is 418 g/mol. The standard InChI is InChI=1S/C18H26N8O2S/c1-11-19-13(3)25(21-11)15-5-23(6-15)17(27)9-29-10-18(28)24-7-16(8-24)26-14(4)20-12(2)22-26/h15-16H,5-10H2,1-4H3. The number of thioether (sulfide) groups is 1. The first-order valence-corrected chi connectivity index (χ1v) is 10.9. The molecule has 10 nitrogen and oxygen atoms in total. The average Bonchev–Trinajstić information content (AvgIpc) is 3.06. The van der Waals surface area contributed by atoms with E-state index in [1.165, 1.54) is 11.8 Å². The summed E-state index contributed by atoms with van der Waals surface area (Å²) in [6.07, 6.45) is 0. The number of carbonyl (C=O) groups is 2. The fourth-order valence-corrected chi connectivity index (χ4v) is 4.62. The van der Waals surface area contributed by atoms with Crippen LogP contribution < -0.4 is 0 Å². The number of rotatable bonds is 6. The predicted octanol–water partition coefficient (Wildman–Crippen LogP) is 0.303. The molecule has 11 heteroatoms. The van der Waals surface area contributed by atoms with Crippen molar-refractivity contribution in [1.29, 1.82) is 0 Å². The molecule has 2 aliphatic heterocycles. The lowest BCUT2D eigenvalue weighted by Gasteiger charge is -2.40. The SMILES string of the molecule is Cc1nc(C)n(C2CN(C(=O)CSCC(=O)N3CC(n4nc(C)nc4C)C3)C2)n1. The largest absolute Gasteiger partial charge is 0.338 e. The summed E-state index contributed by atoms with van der Waals surface area (Å²) < 4.78 is 3.79. The van der Waals surface area contributed by atoms with Gasteiger partial charge < -0.3 is 9.80 Å². The molecule has 2 aliphatic rings. The Balaban J connectivity index is 1.15. The van der Waals surface area contributed by atoms with Crippen LogP contribution in [0, 0.1) is 27.7 Å². The van der Waals surface area contributed by atoms with E-state index in [-0.39, 0.29) is 23.9 Å². The van der Waals surface area contributed by atoms with Crippen LogP contribution >= 0.6 is 11.8 Å². The third-order valence-corrected chi connectivity index (χ3v) is 6.29. The van der Waals surface area contributed by atoms with Crippen molar-refractivity contribution in [1.82, 2.24) is 39.3 Å². The fourth-order valence-electron chi connectivity index (χ4n) is 3.80. The molecule has 2 aromatic heterocycles. The fraction of sp³-hybridized carbons (Fsp3) is 0.667. The van der Waals surface area contributed by atoms with Crippen LogP contribution in [0.25, 0.3) is 0 Å². The Morgan fingerprint density at radius 1 is 0.793 bits per heavy atom. The predicted molar refractivity (Wildman–Crippen MR) is 108 cm³/mol. The zero-order valence-electron chi connectivity index (χ0n) is 17.2. The van der Waals surface area contributed by atoms with Crippen LogP contribution in [0.4, 0.5) is 0 Å². The van der Waals surface area contributed by atoms with Crippen LogP contribution in [0.15, 0.2) is 0 Å². The highest BCUT2D eigenvalue weighted by Crippen LogP contribution is 2.24. The van der Waals surface area contributed by atoms with Gasteiger partial charge in [-0.25, -0.2) is 19.3 Å². The van der Waals surface area contributed by atoms with E-state index in [0.29, 0.717) is 37.7 Å². The molecule has 0 N–H and O–H groups in total. The van der Waals surface area contributed by atoms with Crippen LogP contribution in [0.2, 0.25) is 0 Å². The van der Waals surface area contributed by atoms with Crippen LogP contribution in [0.1, 0.15) is 35.4 Å². The van der Waals surface area contributed by atoms with Gasteiger partial charge in [0.2, 0.25) is 11.8 Å². The van der Waals surface area contributed by atoms with Gasteiger partial charge in [-0.05, 0) is 27.7 Å². The maximum atomic E-state index is 12.3. The molecule has 0 atom stereocenters.